The van der Waals surface area contributed by atoms with E-state index in [0.29, 0.717) is 0 Å². The minimum absolute atomic E-state index is 0.00881. The molecule has 0 spiro atoms. The summed E-state index contributed by atoms with van der Waals surface area (Å²) in [7, 11) is 48.9. The minimum atomic E-state index is -1.82. The van der Waals surface area contributed by atoms with E-state index >= 15 is 0 Å². The lowest BCUT2D eigenvalue weighted by Crippen LogP contribution is -2.57. The fourth-order valence-corrected chi connectivity index (χ4v) is 3.56. The standard InChI is InChI=1S/C13H5B8ClN2O/c14-4-2-3-9(24-8(2)6(16)5(15)7(4)22)11(17,10(23)25)1-12(18,19)13(3,20)21/h24H,1H2,(H2,23,25). The van der Waals surface area contributed by atoms with Crippen molar-refractivity contribution in [2.45, 2.75) is 22.2 Å². The molecule has 104 valence electrons. The van der Waals surface area contributed by atoms with Gasteiger partial charge in [-0.15, -0.1) is 5.21 Å². The van der Waals surface area contributed by atoms with E-state index in [1.165, 1.54) is 0 Å². The molecule has 1 atom stereocenters. The number of hydrogen-bond donors (Lipinski definition) is 2. The van der Waals surface area contributed by atoms with Gasteiger partial charge in [-0.2, -0.15) is 0 Å². The summed E-state index contributed by atoms with van der Waals surface area (Å²) < 4.78 is 0. The highest BCUT2D eigenvalue weighted by molar-refractivity contribution is 6.64. The molecule has 3 N–H and O–H groups in total. The average Bonchev–Trinajstić information content (AvgIpc) is 2.91. The molecule has 1 unspecified atom stereocenters. The zero-order chi connectivity index (χ0) is 19.1. The molecule has 12 heteroatoms. The van der Waals surface area contributed by atoms with E-state index in [1.807, 2.05) is 0 Å². The third kappa shape index (κ3) is 2.20. The first-order valence-electron chi connectivity index (χ1n) is 7.20. The van der Waals surface area contributed by atoms with E-state index < -0.39 is 21.6 Å². The number of carbonyl (C=O) groups is 1. The van der Waals surface area contributed by atoms with Crippen LogP contribution in [0.1, 0.15) is 17.7 Å². The third-order valence-corrected chi connectivity index (χ3v) is 5.35. The van der Waals surface area contributed by atoms with Gasteiger partial charge in [0.1, 0.15) is 23.5 Å². The maximum atomic E-state index is 12.1. The third-order valence-electron chi connectivity index (χ3n) is 4.94. The fraction of sp³-hybridized carbons (Fsp3) is 0.308. The number of hydrogen-bond acceptors (Lipinski definition) is 1. The average molecular weight is 327 g/mol. The normalized spacial score (nSPS) is 24.0. The topological polar surface area (TPSA) is 58.9 Å². The molecule has 0 aliphatic heterocycles. The van der Waals surface area contributed by atoms with Crippen molar-refractivity contribution < 1.29 is 4.79 Å². The van der Waals surface area contributed by atoms with E-state index in [0.717, 1.165) is 0 Å². The SMILES string of the molecule is [B]c1c(Cl)c([B])c2c3c([nH]c2c1[B])C([B])(C(N)=O)CC([B])([B])C3([B])[B]. The van der Waals surface area contributed by atoms with E-state index in [9.17, 15) is 4.79 Å². The number of fused-ring (bicyclic) bond motifs is 3. The molecule has 25 heavy (non-hydrogen) atoms. The molecule has 1 aliphatic rings. The van der Waals surface area contributed by atoms with Crippen molar-refractivity contribution in [1.29, 1.82) is 0 Å². The maximum Gasteiger partial charge on any atom is 0.220 e. The number of rotatable bonds is 1. The van der Waals surface area contributed by atoms with E-state index in [-0.39, 0.29) is 50.0 Å². The Morgan fingerprint density at radius 3 is 2.12 bits per heavy atom. The van der Waals surface area contributed by atoms with Gasteiger partial charge < -0.3 is 10.7 Å². The van der Waals surface area contributed by atoms with Gasteiger partial charge in [-0.05, 0) is 10.9 Å². The summed E-state index contributed by atoms with van der Waals surface area (Å²) in [4.78, 5) is 15.0. The number of primary amides is 1. The summed E-state index contributed by atoms with van der Waals surface area (Å²) in [6.07, 6.45) is -0.314. The molecule has 1 amide bonds. The molecule has 3 nitrogen and oxygen atoms in total. The molecule has 16 radical (unpaired) electrons. The number of aromatic amines is 1. The molecule has 0 fully saturated rings. The minimum Gasteiger partial charge on any atom is -0.370 e. The Hall–Kier alpha value is -0.961. The van der Waals surface area contributed by atoms with Gasteiger partial charge in [-0.3, -0.25) is 4.79 Å². The van der Waals surface area contributed by atoms with Crippen molar-refractivity contribution in [3.05, 3.63) is 16.3 Å². The van der Waals surface area contributed by atoms with Crippen LogP contribution in [0.4, 0.5) is 0 Å². The van der Waals surface area contributed by atoms with Gasteiger partial charge in [0, 0.05) is 21.5 Å². The van der Waals surface area contributed by atoms with Gasteiger partial charge in [0.2, 0.25) is 5.91 Å². The summed E-state index contributed by atoms with van der Waals surface area (Å²) in [6, 6.07) is 0. The van der Waals surface area contributed by atoms with Crippen LogP contribution in [-0.4, -0.2) is 73.7 Å². The van der Waals surface area contributed by atoms with E-state index in [4.69, 9.17) is 80.1 Å². The lowest BCUT2D eigenvalue weighted by Gasteiger charge is -2.54. The predicted molar refractivity (Wildman–Crippen MR) is 108 cm³/mol. The number of carbonyl (C=O) groups excluding carboxylic acids is 1. The molecule has 1 aromatic heterocycles. The molecule has 1 heterocycles. The Bertz CT molecular complexity index is 940. The number of nitrogens with one attached hydrogen (secondary N) is 1. The zero-order valence-electron chi connectivity index (χ0n) is 13.2. The van der Waals surface area contributed by atoms with Crippen LogP contribution in [0, 0.1) is 0 Å². The van der Waals surface area contributed by atoms with Crippen LogP contribution >= 0.6 is 11.6 Å². The second kappa shape index (κ2) is 5.28. The largest absolute Gasteiger partial charge is 0.370 e. The zero-order valence-corrected chi connectivity index (χ0v) is 13.9. The van der Waals surface area contributed by atoms with E-state index in [2.05, 4.69) is 4.98 Å². The van der Waals surface area contributed by atoms with Crippen molar-refractivity contribution >= 4 is 108 Å². The van der Waals surface area contributed by atoms with Gasteiger partial charge in [0.15, 0.2) is 0 Å². The lowest BCUT2D eigenvalue weighted by atomic mass is 9.23. The molecule has 0 saturated carbocycles. The second-order valence-electron chi connectivity index (χ2n) is 6.60. The number of nitrogens with two attached hydrogens (primary N) is 1. The summed E-state index contributed by atoms with van der Waals surface area (Å²) in [5, 5.41) is -5.13. The quantitative estimate of drug-likeness (QED) is 0.523. The van der Waals surface area contributed by atoms with Crippen molar-refractivity contribution in [2.75, 3.05) is 0 Å². The van der Waals surface area contributed by atoms with Gasteiger partial charge in [-0.1, -0.05) is 39.6 Å². The number of amides is 1. The van der Waals surface area contributed by atoms with Crippen LogP contribution < -0.4 is 22.1 Å². The number of benzene rings is 1. The first-order valence-corrected chi connectivity index (χ1v) is 7.58. The number of aromatic nitrogens is 1. The summed E-state index contributed by atoms with van der Waals surface area (Å²) in [5.41, 5.74) is 6.18. The smallest absolute Gasteiger partial charge is 0.220 e. The Morgan fingerprint density at radius 2 is 1.60 bits per heavy atom. The maximum absolute atomic E-state index is 12.1. The highest BCUT2D eigenvalue weighted by atomic mass is 35.5. The highest BCUT2D eigenvalue weighted by Gasteiger charge is 2.53. The van der Waals surface area contributed by atoms with Crippen LogP contribution in [0.5, 0.6) is 0 Å². The van der Waals surface area contributed by atoms with Gasteiger partial charge in [0.05, 0.1) is 39.2 Å². The van der Waals surface area contributed by atoms with Crippen molar-refractivity contribution in [3.8, 4) is 0 Å². The second-order valence-corrected chi connectivity index (χ2v) is 6.98. The van der Waals surface area contributed by atoms with Crippen LogP contribution in [0.2, 0.25) is 10.2 Å². The van der Waals surface area contributed by atoms with Crippen molar-refractivity contribution in [1.82, 2.24) is 4.98 Å². The lowest BCUT2D eigenvalue weighted by molar-refractivity contribution is -0.121. The monoisotopic (exact) mass is 328 g/mol. The molecule has 0 saturated heterocycles. The van der Waals surface area contributed by atoms with Crippen LogP contribution in [0.3, 0.4) is 0 Å². The summed E-state index contributed by atoms with van der Waals surface area (Å²) >= 11 is 6.15. The van der Waals surface area contributed by atoms with Crippen molar-refractivity contribution in [3.63, 3.8) is 0 Å². The van der Waals surface area contributed by atoms with Crippen molar-refractivity contribution in [2.24, 2.45) is 5.73 Å². The van der Waals surface area contributed by atoms with Crippen LogP contribution in [0.15, 0.2) is 0 Å². The highest BCUT2D eigenvalue weighted by Crippen LogP contribution is 2.55. The Kier molecular flexibility index (Phi) is 3.97. The fourth-order valence-electron chi connectivity index (χ4n) is 3.37. The Morgan fingerprint density at radius 1 is 1.04 bits per heavy atom. The molecular formula is C13H5B8ClN2O. The van der Waals surface area contributed by atoms with Crippen LogP contribution in [-0.2, 0) is 15.3 Å². The van der Waals surface area contributed by atoms with Gasteiger partial charge >= 0.3 is 0 Å². The first kappa shape index (κ1) is 18.8. The molecular weight excluding hydrogens is 322 g/mol. The number of H-pyrrole nitrogens is 1. The molecule has 3 rings (SSSR count). The predicted octanol–water partition coefficient (Wildman–Crippen LogP) is -3.60. The van der Waals surface area contributed by atoms with E-state index in [1.54, 1.807) is 0 Å². The molecule has 1 aromatic carbocycles. The number of halogens is 1. The summed E-state index contributed by atoms with van der Waals surface area (Å²) in [6.45, 7) is 0. The Labute approximate surface area is 161 Å². The molecule has 1 aliphatic carbocycles. The van der Waals surface area contributed by atoms with Gasteiger partial charge in [-0.25, -0.2) is 0 Å². The van der Waals surface area contributed by atoms with Gasteiger partial charge in [0.25, 0.3) is 0 Å². The molecule has 0 bridgehead atoms. The Balaban J connectivity index is 2.60. The first-order chi connectivity index (χ1) is 11.3. The summed E-state index contributed by atoms with van der Waals surface area (Å²) in [5.74, 6) is -0.882. The van der Waals surface area contributed by atoms with Crippen LogP contribution in [0.25, 0.3) is 10.9 Å². The molecule has 2 aromatic rings.